The predicted molar refractivity (Wildman–Crippen MR) is 82.2 cm³/mol. The van der Waals surface area contributed by atoms with Crippen LogP contribution in [0.2, 0.25) is 0 Å². The average molecular weight is 293 g/mol. The fourth-order valence-electron chi connectivity index (χ4n) is 3.36. The molecular formula is C15H20FN3S. The van der Waals surface area contributed by atoms with Crippen LogP contribution in [0.1, 0.15) is 24.0 Å². The van der Waals surface area contributed by atoms with Crippen molar-refractivity contribution in [3.8, 4) is 0 Å². The van der Waals surface area contributed by atoms with Gasteiger partial charge >= 0.3 is 0 Å². The van der Waals surface area contributed by atoms with Crippen LogP contribution in [0.3, 0.4) is 0 Å². The van der Waals surface area contributed by atoms with Crippen LogP contribution in [0.4, 0.5) is 4.39 Å². The summed E-state index contributed by atoms with van der Waals surface area (Å²) in [7, 11) is 0. The van der Waals surface area contributed by atoms with E-state index in [9.17, 15) is 4.39 Å². The molecule has 0 amide bonds. The smallest absolute Gasteiger partial charge is 0.123 e. The third-order valence-electron chi connectivity index (χ3n) is 4.40. The van der Waals surface area contributed by atoms with E-state index in [1.807, 2.05) is 6.07 Å². The molecule has 2 aliphatic heterocycles. The molecule has 20 heavy (non-hydrogen) atoms. The summed E-state index contributed by atoms with van der Waals surface area (Å²) in [6.45, 7) is 5.33. The number of fused-ring (bicyclic) bond motifs is 1. The van der Waals surface area contributed by atoms with Gasteiger partial charge in [0.2, 0.25) is 0 Å². The maximum Gasteiger partial charge on any atom is 0.123 e. The lowest BCUT2D eigenvalue weighted by atomic mass is 10.1. The highest BCUT2D eigenvalue weighted by atomic mass is 32.1. The topological polar surface area (TPSA) is 32.5 Å². The van der Waals surface area contributed by atoms with Gasteiger partial charge in [-0.05, 0) is 37.1 Å². The second-order valence-corrected chi connectivity index (χ2v) is 6.17. The summed E-state index contributed by atoms with van der Waals surface area (Å²) in [5, 5.41) is 0. The Labute approximate surface area is 124 Å². The van der Waals surface area contributed by atoms with Crippen LogP contribution in [0, 0.1) is 5.82 Å². The summed E-state index contributed by atoms with van der Waals surface area (Å²) in [5.41, 5.74) is 7.42. The Morgan fingerprint density at radius 2 is 2.20 bits per heavy atom. The second-order valence-electron chi connectivity index (χ2n) is 5.73. The second kappa shape index (κ2) is 5.76. The third-order valence-corrected chi connectivity index (χ3v) is 4.62. The summed E-state index contributed by atoms with van der Waals surface area (Å²) in [6, 6.07) is 5.44. The zero-order valence-electron chi connectivity index (χ0n) is 11.5. The monoisotopic (exact) mass is 293 g/mol. The molecule has 0 bridgehead atoms. The van der Waals surface area contributed by atoms with E-state index in [4.69, 9.17) is 18.0 Å². The summed E-state index contributed by atoms with van der Waals surface area (Å²) in [5.74, 6) is -0.280. The van der Waals surface area contributed by atoms with Gasteiger partial charge in [0.15, 0.2) is 0 Å². The third kappa shape index (κ3) is 2.85. The summed E-state index contributed by atoms with van der Waals surface area (Å²) >= 11 is 5.04. The first-order valence-electron chi connectivity index (χ1n) is 7.18. The van der Waals surface area contributed by atoms with E-state index in [1.165, 1.54) is 31.5 Å². The van der Waals surface area contributed by atoms with Gasteiger partial charge in [0, 0.05) is 37.8 Å². The molecule has 0 radical (unpaired) electrons. The molecular weight excluding hydrogens is 273 g/mol. The molecule has 108 valence electrons. The quantitative estimate of drug-likeness (QED) is 0.861. The Kier molecular flexibility index (Phi) is 4.01. The van der Waals surface area contributed by atoms with Gasteiger partial charge < -0.3 is 5.73 Å². The predicted octanol–water partition coefficient (Wildman–Crippen LogP) is 1.74. The van der Waals surface area contributed by atoms with Crippen LogP contribution in [0.15, 0.2) is 18.2 Å². The Morgan fingerprint density at radius 1 is 1.35 bits per heavy atom. The van der Waals surface area contributed by atoms with Crippen LogP contribution >= 0.6 is 12.2 Å². The molecule has 2 aliphatic rings. The van der Waals surface area contributed by atoms with Crippen molar-refractivity contribution in [2.24, 2.45) is 5.73 Å². The van der Waals surface area contributed by atoms with E-state index in [0.29, 0.717) is 11.6 Å². The number of nitrogens with two attached hydrogens (primary N) is 1. The van der Waals surface area contributed by atoms with Crippen LogP contribution < -0.4 is 5.73 Å². The normalized spacial score (nSPS) is 23.8. The Balaban J connectivity index is 1.73. The van der Waals surface area contributed by atoms with Gasteiger partial charge in [0.25, 0.3) is 0 Å². The molecule has 2 saturated heterocycles. The minimum absolute atomic E-state index is 0.277. The molecule has 1 aromatic rings. The minimum atomic E-state index is -0.280. The van der Waals surface area contributed by atoms with Gasteiger partial charge in [-0.25, -0.2) is 4.39 Å². The van der Waals surface area contributed by atoms with Gasteiger partial charge in [-0.3, -0.25) is 9.80 Å². The maximum absolute atomic E-state index is 13.3. The van der Waals surface area contributed by atoms with Gasteiger partial charge in [0.05, 0.1) is 0 Å². The van der Waals surface area contributed by atoms with Gasteiger partial charge in [-0.2, -0.15) is 0 Å². The van der Waals surface area contributed by atoms with Crippen molar-refractivity contribution in [1.82, 2.24) is 9.80 Å². The van der Waals surface area contributed by atoms with Crippen molar-refractivity contribution in [2.45, 2.75) is 25.4 Å². The highest BCUT2D eigenvalue weighted by molar-refractivity contribution is 7.80. The summed E-state index contributed by atoms with van der Waals surface area (Å²) < 4.78 is 13.3. The fraction of sp³-hybridized carbons (Fsp3) is 0.533. The van der Waals surface area contributed by atoms with Crippen molar-refractivity contribution < 1.29 is 4.39 Å². The molecule has 3 rings (SSSR count). The number of nitrogens with zero attached hydrogens (tertiary/aromatic N) is 2. The van der Waals surface area contributed by atoms with E-state index >= 15 is 0 Å². The standard InChI is InChI=1S/C15H20FN3S/c16-12-4-3-11(14(8-12)15(17)20)9-18-6-7-19-5-1-2-13(19)10-18/h3-4,8,13H,1-2,5-7,9-10H2,(H2,17,20). The molecule has 3 nitrogen and oxygen atoms in total. The SMILES string of the molecule is NC(=S)c1cc(F)ccc1CN1CCN2CCCC2C1. The van der Waals surface area contributed by atoms with Crippen LogP contribution in [0.5, 0.6) is 0 Å². The number of hydrogen-bond acceptors (Lipinski definition) is 3. The molecule has 1 atom stereocenters. The number of hydrogen-bond donors (Lipinski definition) is 1. The Morgan fingerprint density at radius 3 is 3.00 bits per heavy atom. The van der Waals surface area contributed by atoms with Crippen molar-refractivity contribution in [3.05, 3.63) is 35.1 Å². The van der Waals surface area contributed by atoms with Crippen molar-refractivity contribution in [1.29, 1.82) is 0 Å². The molecule has 0 spiro atoms. The number of thiocarbonyl (C=S) groups is 1. The summed E-state index contributed by atoms with van der Waals surface area (Å²) in [4.78, 5) is 5.29. The van der Waals surface area contributed by atoms with E-state index in [0.717, 1.165) is 31.7 Å². The molecule has 2 heterocycles. The lowest BCUT2D eigenvalue weighted by Gasteiger charge is -2.37. The zero-order chi connectivity index (χ0) is 14.1. The van der Waals surface area contributed by atoms with Crippen LogP contribution in [0.25, 0.3) is 0 Å². The van der Waals surface area contributed by atoms with Crippen LogP contribution in [-0.2, 0) is 6.54 Å². The Bertz CT molecular complexity index is 520. The molecule has 2 fully saturated rings. The largest absolute Gasteiger partial charge is 0.389 e. The molecule has 1 aromatic carbocycles. The summed E-state index contributed by atoms with van der Waals surface area (Å²) in [6.07, 6.45) is 2.61. The van der Waals surface area contributed by atoms with Gasteiger partial charge in [0.1, 0.15) is 10.8 Å². The lowest BCUT2D eigenvalue weighted by molar-refractivity contribution is 0.0993. The fourth-order valence-corrected chi connectivity index (χ4v) is 3.55. The lowest BCUT2D eigenvalue weighted by Crippen LogP contribution is -2.49. The van der Waals surface area contributed by atoms with E-state index in [2.05, 4.69) is 9.80 Å². The molecule has 1 unspecified atom stereocenters. The number of piperazine rings is 1. The van der Waals surface area contributed by atoms with Gasteiger partial charge in [-0.15, -0.1) is 0 Å². The highest BCUT2D eigenvalue weighted by Crippen LogP contribution is 2.23. The van der Waals surface area contributed by atoms with Crippen LogP contribution in [-0.4, -0.2) is 47.0 Å². The van der Waals surface area contributed by atoms with Crippen molar-refractivity contribution in [3.63, 3.8) is 0 Å². The zero-order valence-corrected chi connectivity index (χ0v) is 12.3. The number of benzene rings is 1. The minimum Gasteiger partial charge on any atom is -0.389 e. The van der Waals surface area contributed by atoms with Crippen molar-refractivity contribution >= 4 is 17.2 Å². The van der Waals surface area contributed by atoms with Crippen molar-refractivity contribution in [2.75, 3.05) is 26.2 Å². The van der Waals surface area contributed by atoms with E-state index in [1.54, 1.807) is 0 Å². The molecule has 2 N–H and O–H groups in total. The highest BCUT2D eigenvalue weighted by Gasteiger charge is 2.30. The molecule has 0 saturated carbocycles. The number of halogens is 1. The first-order valence-corrected chi connectivity index (χ1v) is 7.59. The van der Waals surface area contributed by atoms with E-state index < -0.39 is 0 Å². The van der Waals surface area contributed by atoms with Gasteiger partial charge in [-0.1, -0.05) is 18.3 Å². The molecule has 5 heteroatoms. The molecule has 0 aliphatic carbocycles. The number of rotatable bonds is 3. The average Bonchev–Trinajstić information content (AvgIpc) is 2.88. The first kappa shape index (κ1) is 13.9. The first-order chi connectivity index (χ1) is 9.63. The van der Waals surface area contributed by atoms with E-state index in [-0.39, 0.29) is 10.8 Å². The maximum atomic E-state index is 13.3. The molecule has 0 aromatic heterocycles. The Hall–Kier alpha value is -1.04.